The van der Waals surface area contributed by atoms with Gasteiger partial charge in [0.25, 0.3) is 0 Å². The Balaban J connectivity index is 0.000000766. The monoisotopic (exact) mass is 617 g/mol. The molecule has 0 amide bonds. The van der Waals surface area contributed by atoms with Crippen molar-refractivity contribution in [2.45, 2.75) is 205 Å². The van der Waals surface area contributed by atoms with E-state index in [1.165, 1.54) is 83.5 Å². The third-order valence-corrected chi connectivity index (χ3v) is 12.4. The van der Waals surface area contributed by atoms with Crippen LogP contribution in [0.4, 0.5) is 0 Å². The molecule has 0 aromatic rings. The van der Waals surface area contributed by atoms with E-state index in [1.807, 2.05) is 27.7 Å². The number of ether oxygens (including phenoxy) is 1. The van der Waals surface area contributed by atoms with Gasteiger partial charge < -0.3 is 4.74 Å². The van der Waals surface area contributed by atoms with Crippen LogP contribution < -0.4 is 0 Å². The van der Waals surface area contributed by atoms with E-state index in [4.69, 9.17) is 4.74 Å². The summed E-state index contributed by atoms with van der Waals surface area (Å²) in [5, 5.41) is 0. The molecule has 8 atom stereocenters. The summed E-state index contributed by atoms with van der Waals surface area (Å²) in [5.74, 6) is 5.47. The van der Waals surface area contributed by atoms with E-state index in [-0.39, 0.29) is 12.1 Å². The number of fused-ring (bicyclic) bond motifs is 5. The van der Waals surface area contributed by atoms with E-state index in [0.717, 1.165) is 61.2 Å². The van der Waals surface area contributed by atoms with Crippen molar-refractivity contribution in [3.05, 3.63) is 11.6 Å². The minimum atomic E-state index is 0.0264. The molecule has 260 valence electrons. The van der Waals surface area contributed by atoms with Crippen molar-refractivity contribution >= 4 is 5.97 Å². The molecule has 3 saturated carbocycles. The zero-order valence-electron chi connectivity index (χ0n) is 32.2. The lowest BCUT2D eigenvalue weighted by atomic mass is 9.47. The molecule has 4 aliphatic carbocycles. The molecule has 2 nitrogen and oxygen atoms in total. The first-order valence-electron chi connectivity index (χ1n) is 20.0. The van der Waals surface area contributed by atoms with Crippen LogP contribution in [0.3, 0.4) is 0 Å². The Kier molecular flexibility index (Phi) is 19.8. The highest BCUT2D eigenvalue weighted by Gasteiger charge is 2.58. The fraction of sp³-hybridized carbons (Fsp3) is 0.929. The third-order valence-electron chi connectivity index (χ3n) is 12.4. The Hall–Kier alpha value is -0.790. The van der Waals surface area contributed by atoms with Crippen LogP contribution in [0.5, 0.6) is 0 Å². The summed E-state index contributed by atoms with van der Waals surface area (Å²) < 4.78 is 5.90. The van der Waals surface area contributed by atoms with Crippen LogP contribution in [-0.2, 0) is 9.53 Å². The van der Waals surface area contributed by atoms with Crippen LogP contribution in [-0.4, -0.2) is 12.1 Å². The molecular formula is C42H80O2. The Morgan fingerprint density at radius 2 is 1.57 bits per heavy atom. The number of unbranched alkanes of at least 4 members (excludes halogenated alkanes) is 2. The number of rotatable bonds is 12. The second kappa shape index (κ2) is 21.2. The average Bonchev–Trinajstić information content (AvgIpc) is 3.36. The topological polar surface area (TPSA) is 26.3 Å². The molecule has 0 saturated heterocycles. The number of esters is 1. The maximum absolute atomic E-state index is 12.2. The number of carbonyl (C=O) groups is 1. The zero-order valence-corrected chi connectivity index (χ0v) is 32.2. The first kappa shape index (κ1) is 41.2. The van der Waals surface area contributed by atoms with E-state index in [2.05, 4.69) is 61.5 Å². The second-order valence-electron chi connectivity index (χ2n) is 15.5. The second-order valence-corrected chi connectivity index (χ2v) is 15.5. The van der Waals surface area contributed by atoms with Crippen molar-refractivity contribution in [1.82, 2.24) is 0 Å². The number of hydrogen-bond donors (Lipinski definition) is 0. The molecule has 0 spiro atoms. The number of hydrogen-bond acceptors (Lipinski definition) is 2. The van der Waals surface area contributed by atoms with E-state index >= 15 is 0 Å². The Morgan fingerprint density at radius 1 is 0.864 bits per heavy atom. The summed E-state index contributed by atoms with van der Waals surface area (Å²) in [6, 6.07) is 0. The van der Waals surface area contributed by atoms with Gasteiger partial charge >= 0.3 is 5.97 Å². The largest absolute Gasteiger partial charge is 0.462 e. The van der Waals surface area contributed by atoms with E-state index in [9.17, 15) is 4.79 Å². The molecule has 44 heavy (non-hydrogen) atoms. The molecule has 3 fully saturated rings. The van der Waals surface area contributed by atoms with Crippen LogP contribution in [0.2, 0.25) is 0 Å². The first-order chi connectivity index (χ1) is 21.1. The van der Waals surface area contributed by atoms with Gasteiger partial charge in [0.05, 0.1) is 0 Å². The average molecular weight is 617 g/mol. The molecule has 4 aliphatic rings. The summed E-state index contributed by atoms with van der Waals surface area (Å²) in [7, 11) is 0. The molecule has 0 bridgehead atoms. The summed E-state index contributed by atoms with van der Waals surface area (Å²) in [4.78, 5) is 12.2. The molecule has 8 unspecified atom stereocenters. The van der Waals surface area contributed by atoms with Gasteiger partial charge in [0.1, 0.15) is 6.10 Å². The molecular weight excluding hydrogens is 536 g/mol. The van der Waals surface area contributed by atoms with Gasteiger partial charge in [0.2, 0.25) is 0 Å². The van der Waals surface area contributed by atoms with Crippen LogP contribution in [0.25, 0.3) is 0 Å². The predicted molar refractivity (Wildman–Crippen MR) is 195 cm³/mol. The van der Waals surface area contributed by atoms with Gasteiger partial charge in [-0.1, -0.05) is 140 Å². The standard InChI is InChI=1S/C31H52O2.C7H16.2C2H6/c1-6-7-12-29(32)33-25-17-19-31(5)24(21-25)13-15-26-27-16-14-23(11-9-8-10-22(2)3)30(27,4)20-18-28(26)31;1-4-6-7(3)5-2;2*1-2/h13,22-23,25-28H,6-12,14-21H2,1-5H3;7H,4-6H2,1-3H3;2*1-2H3. The highest BCUT2D eigenvalue weighted by Crippen LogP contribution is 2.66. The van der Waals surface area contributed by atoms with Crippen molar-refractivity contribution in [3.8, 4) is 0 Å². The summed E-state index contributed by atoms with van der Waals surface area (Å²) in [6.07, 6.45) is 25.6. The van der Waals surface area contributed by atoms with Crippen LogP contribution >= 0.6 is 0 Å². The SMILES string of the molecule is CC.CC.CCCC(C)CC.CCCCC(=O)OC1CCC2(C)C(=CCC3C2CCC2(C)C(CCCCC(C)C)CCC32)C1. The first-order valence-corrected chi connectivity index (χ1v) is 20.0. The maximum Gasteiger partial charge on any atom is 0.306 e. The Bertz CT molecular complexity index is 798. The quantitative estimate of drug-likeness (QED) is 0.124. The fourth-order valence-corrected chi connectivity index (χ4v) is 9.52. The van der Waals surface area contributed by atoms with Crippen molar-refractivity contribution < 1.29 is 9.53 Å². The lowest BCUT2D eigenvalue weighted by Gasteiger charge is -2.58. The van der Waals surface area contributed by atoms with Crippen LogP contribution in [0.15, 0.2) is 11.6 Å². The summed E-state index contributed by atoms with van der Waals surface area (Å²) in [5.41, 5.74) is 2.58. The predicted octanol–water partition coefficient (Wildman–Crippen LogP) is 13.8. The highest BCUT2D eigenvalue weighted by molar-refractivity contribution is 5.69. The van der Waals surface area contributed by atoms with Gasteiger partial charge in [0.15, 0.2) is 0 Å². The van der Waals surface area contributed by atoms with Gasteiger partial charge in [-0.05, 0) is 104 Å². The number of carbonyl (C=O) groups excluding carboxylic acids is 1. The third kappa shape index (κ3) is 11.2. The van der Waals surface area contributed by atoms with Gasteiger partial charge in [-0.15, -0.1) is 0 Å². The van der Waals surface area contributed by atoms with E-state index < -0.39 is 0 Å². The Morgan fingerprint density at radius 3 is 2.16 bits per heavy atom. The van der Waals surface area contributed by atoms with E-state index in [0.29, 0.717) is 17.3 Å². The van der Waals surface area contributed by atoms with Crippen molar-refractivity contribution in [2.75, 3.05) is 0 Å². The molecule has 4 rings (SSSR count). The summed E-state index contributed by atoms with van der Waals surface area (Å²) in [6.45, 7) is 26.9. The van der Waals surface area contributed by atoms with Crippen LogP contribution in [0, 0.1) is 46.3 Å². The normalized spacial score (nSPS) is 32.6. The highest BCUT2D eigenvalue weighted by atomic mass is 16.5. The van der Waals surface area contributed by atoms with Crippen molar-refractivity contribution in [1.29, 1.82) is 0 Å². The molecule has 0 aromatic carbocycles. The zero-order chi connectivity index (χ0) is 33.3. The van der Waals surface area contributed by atoms with Gasteiger partial charge in [-0.3, -0.25) is 4.79 Å². The van der Waals surface area contributed by atoms with Crippen molar-refractivity contribution in [3.63, 3.8) is 0 Å². The van der Waals surface area contributed by atoms with Crippen LogP contribution in [0.1, 0.15) is 199 Å². The molecule has 2 heteroatoms. The molecule has 0 aliphatic heterocycles. The smallest absolute Gasteiger partial charge is 0.306 e. The lowest BCUT2D eigenvalue weighted by Crippen LogP contribution is -2.50. The molecule has 0 radical (unpaired) electrons. The fourth-order valence-electron chi connectivity index (χ4n) is 9.52. The lowest BCUT2D eigenvalue weighted by molar-refractivity contribution is -0.151. The number of allylic oxidation sites excluding steroid dienone is 1. The van der Waals surface area contributed by atoms with Gasteiger partial charge in [-0.25, -0.2) is 0 Å². The van der Waals surface area contributed by atoms with Gasteiger partial charge in [0, 0.05) is 12.8 Å². The minimum absolute atomic E-state index is 0.0264. The van der Waals surface area contributed by atoms with E-state index in [1.54, 1.807) is 5.57 Å². The molecule has 0 N–H and O–H groups in total. The minimum Gasteiger partial charge on any atom is -0.462 e. The Labute approximate surface area is 277 Å². The summed E-state index contributed by atoms with van der Waals surface area (Å²) >= 11 is 0. The van der Waals surface area contributed by atoms with Gasteiger partial charge in [-0.2, -0.15) is 0 Å². The molecule has 0 heterocycles. The maximum atomic E-state index is 12.2. The molecule has 0 aromatic heterocycles. The van der Waals surface area contributed by atoms with Crippen molar-refractivity contribution in [2.24, 2.45) is 46.3 Å².